The van der Waals surface area contributed by atoms with Gasteiger partial charge < -0.3 is 20.6 Å². The first kappa shape index (κ1) is 24.1. The van der Waals surface area contributed by atoms with E-state index in [9.17, 15) is 19.5 Å². The van der Waals surface area contributed by atoms with Gasteiger partial charge in [-0.1, -0.05) is 44.9 Å². The van der Waals surface area contributed by atoms with Crippen molar-refractivity contribution in [2.45, 2.75) is 68.5 Å². The lowest BCUT2D eigenvalue weighted by molar-refractivity contribution is -0.141. The fourth-order valence-corrected chi connectivity index (χ4v) is 8.46. The fraction of sp³-hybridized carbons (Fsp3) is 0.640. The number of nitrogens with zero attached hydrogens (tertiary/aromatic N) is 1. The van der Waals surface area contributed by atoms with Gasteiger partial charge in [-0.3, -0.25) is 14.4 Å². The summed E-state index contributed by atoms with van der Waals surface area (Å²) in [5.74, 6) is -1.45. The number of amides is 3. The average molecular weight is 474 g/mol. The number of carbonyl (C=O) groups is 3. The van der Waals surface area contributed by atoms with Crippen LogP contribution in [-0.4, -0.2) is 63.0 Å². The van der Waals surface area contributed by atoms with Gasteiger partial charge in [-0.2, -0.15) is 0 Å². The number of hydrogen-bond acceptors (Lipinski definition) is 5. The highest BCUT2D eigenvalue weighted by molar-refractivity contribution is 8.02. The van der Waals surface area contributed by atoms with Gasteiger partial charge in [-0.15, -0.1) is 11.8 Å². The van der Waals surface area contributed by atoms with Crippen molar-refractivity contribution < 1.29 is 19.5 Å². The summed E-state index contributed by atoms with van der Waals surface area (Å²) in [7, 11) is 0. The molecule has 3 heterocycles. The van der Waals surface area contributed by atoms with Gasteiger partial charge >= 0.3 is 0 Å². The predicted octanol–water partition coefficient (Wildman–Crippen LogP) is 2.65. The van der Waals surface area contributed by atoms with Crippen LogP contribution in [0.15, 0.2) is 30.3 Å². The molecule has 1 spiro atoms. The Hall–Kier alpha value is -2.06. The third kappa shape index (κ3) is 3.95. The smallest absolute Gasteiger partial charge is 0.244 e. The lowest BCUT2D eigenvalue weighted by Crippen LogP contribution is -2.58. The van der Waals surface area contributed by atoms with Crippen molar-refractivity contribution in [2.24, 2.45) is 17.8 Å². The molecule has 1 aromatic carbocycles. The molecule has 3 N–H and O–H groups in total. The maximum atomic E-state index is 13.8. The normalized spacial score (nSPS) is 33.2. The van der Waals surface area contributed by atoms with Crippen LogP contribution in [0.4, 0.5) is 5.69 Å². The van der Waals surface area contributed by atoms with Crippen molar-refractivity contribution in [3.8, 4) is 0 Å². The van der Waals surface area contributed by atoms with Gasteiger partial charge in [0.05, 0.1) is 29.2 Å². The summed E-state index contributed by atoms with van der Waals surface area (Å²) in [6.07, 6.45) is 3.78. The van der Waals surface area contributed by atoms with Crippen LogP contribution in [0.1, 0.15) is 46.5 Å². The molecule has 33 heavy (non-hydrogen) atoms. The lowest BCUT2D eigenvalue weighted by Gasteiger charge is -2.39. The summed E-state index contributed by atoms with van der Waals surface area (Å²) in [5.41, 5.74) is 0.702. The maximum Gasteiger partial charge on any atom is 0.244 e. The van der Waals surface area contributed by atoms with Crippen molar-refractivity contribution in [3.63, 3.8) is 0 Å². The van der Waals surface area contributed by atoms with E-state index < -0.39 is 28.7 Å². The Morgan fingerprint density at radius 1 is 1.24 bits per heavy atom. The second kappa shape index (κ2) is 9.66. The third-order valence-corrected chi connectivity index (χ3v) is 9.67. The van der Waals surface area contributed by atoms with Crippen molar-refractivity contribution in [1.82, 2.24) is 10.2 Å². The van der Waals surface area contributed by atoms with Crippen LogP contribution < -0.4 is 10.6 Å². The molecule has 1 aromatic rings. The number of hydrogen-bond donors (Lipinski definition) is 3. The van der Waals surface area contributed by atoms with E-state index in [1.807, 2.05) is 30.3 Å². The number of fused-ring (bicyclic) bond motifs is 1. The Kier molecular flexibility index (Phi) is 7.05. The van der Waals surface area contributed by atoms with Gasteiger partial charge in [-0.05, 0) is 37.8 Å². The molecule has 3 saturated heterocycles. The number of thioether (sulfide) groups is 1. The van der Waals surface area contributed by atoms with E-state index in [4.69, 9.17) is 0 Å². The highest BCUT2D eigenvalue weighted by Crippen LogP contribution is 2.68. The van der Waals surface area contributed by atoms with Crippen molar-refractivity contribution in [1.29, 1.82) is 0 Å². The Morgan fingerprint density at radius 2 is 1.97 bits per heavy atom. The molecule has 7 nitrogen and oxygen atoms in total. The first-order valence-electron chi connectivity index (χ1n) is 12.1. The van der Waals surface area contributed by atoms with Crippen LogP contribution >= 0.6 is 11.8 Å². The molecule has 0 radical (unpaired) electrons. The number of para-hydroxylation sites is 1. The van der Waals surface area contributed by atoms with E-state index in [1.165, 1.54) is 0 Å². The van der Waals surface area contributed by atoms with Crippen molar-refractivity contribution in [3.05, 3.63) is 30.3 Å². The summed E-state index contributed by atoms with van der Waals surface area (Å²) in [6, 6.07) is 8.10. The predicted molar refractivity (Wildman–Crippen MR) is 130 cm³/mol. The average Bonchev–Trinajstić information content (AvgIpc) is 3.40. The summed E-state index contributed by atoms with van der Waals surface area (Å²) >= 11 is 1.65. The van der Waals surface area contributed by atoms with Crippen LogP contribution in [0, 0.1) is 17.8 Å². The van der Waals surface area contributed by atoms with Crippen molar-refractivity contribution >= 4 is 35.2 Å². The van der Waals surface area contributed by atoms with Crippen LogP contribution in [0.3, 0.4) is 0 Å². The standard InChI is InChI=1S/C25H35N3O4S/c1-4-5-9-12-26-23(31)21-25-15(2)13-18(33-25)19(20(25)24(32)28(21)16(3)14-29)22(30)27-17-10-7-6-8-11-17/h6-8,10-11,15-16,18-21,29H,4-5,9,12-14H2,1-3H3,(H,26,31)(H,27,30)/t15?,16-,18-,19+,20+,21?,25?/m1/s1. The summed E-state index contributed by atoms with van der Waals surface area (Å²) < 4.78 is -0.654. The number of aliphatic hydroxyl groups excluding tert-OH is 1. The lowest BCUT2D eigenvalue weighted by atomic mass is 9.66. The van der Waals surface area contributed by atoms with Crippen molar-refractivity contribution in [2.75, 3.05) is 18.5 Å². The third-order valence-electron chi connectivity index (χ3n) is 7.59. The Balaban J connectivity index is 1.65. The molecular weight excluding hydrogens is 438 g/mol. The SMILES string of the molecule is CCCCCNC(=O)C1N([C@H](C)CO)C(=O)[C@@H]2[C@@H](C(=O)Nc3ccccc3)[C@H]3CC(C)C12S3. The fourth-order valence-electron chi connectivity index (χ4n) is 6.05. The summed E-state index contributed by atoms with van der Waals surface area (Å²) in [5, 5.41) is 16.0. The number of rotatable bonds is 9. The number of nitrogens with one attached hydrogen (secondary N) is 2. The van der Waals surface area contributed by atoms with Gasteiger partial charge in [0, 0.05) is 17.5 Å². The maximum absolute atomic E-state index is 13.8. The van der Waals surface area contributed by atoms with Gasteiger partial charge in [0.25, 0.3) is 0 Å². The molecule has 4 rings (SSSR count). The van der Waals surface area contributed by atoms with E-state index in [1.54, 1.807) is 23.6 Å². The summed E-state index contributed by atoms with van der Waals surface area (Å²) in [6.45, 7) is 6.33. The van der Waals surface area contributed by atoms with Crippen LogP contribution in [-0.2, 0) is 14.4 Å². The van der Waals surface area contributed by atoms with Crippen LogP contribution in [0.2, 0.25) is 0 Å². The van der Waals surface area contributed by atoms with E-state index >= 15 is 0 Å². The summed E-state index contributed by atoms with van der Waals surface area (Å²) in [4.78, 5) is 42.3. The first-order chi connectivity index (χ1) is 15.9. The molecule has 3 unspecified atom stereocenters. The highest BCUT2D eigenvalue weighted by atomic mass is 32.2. The Bertz CT molecular complexity index is 897. The minimum Gasteiger partial charge on any atom is -0.394 e. The number of unbranched alkanes of at least 4 members (excludes halogenated alkanes) is 2. The van der Waals surface area contributed by atoms with Gasteiger partial charge in [0.15, 0.2) is 0 Å². The zero-order chi connectivity index (χ0) is 23.8. The van der Waals surface area contributed by atoms with Crippen LogP contribution in [0.5, 0.6) is 0 Å². The molecule has 3 aliphatic rings. The molecule has 2 bridgehead atoms. The minimum atomic E-state index is -0.682. The first-order valence-corrected chi connectivity index (χ1v) is 13.0. The second-order valence-electron chi connectivity index (χ2n) is 9.68. The molecule has 3 fully saturated rings. The highest BCUT2D eigenvalue weighted by Gasteiger charge is 2.76. The van der Waals surface area contributed by atoms with Gasteiger partial charge in [0.1, 0.15) is 6.04 Å². The van der Waals surface area contributed by atoms with E-state index in [2.05, 4.69) is 24.5 Å². The van der Waals surface area contributed by atoms with E-state index in [0.717, 1.165) is 25.7 Å². The van der Waals surface area contributed by atoms with Gasteiger partial charge in [-0.25, -0.2) is 0 Å². The van der Waals surface area contributed by atoms with E-state index in [0.29, 0.717) is 12.2 Å². The molecule has 0 aliphatic carbocycles. The van der Waals surface area contributed by atoms with Crippen LogP contribution in [0.25, 0.3) is 0 Å². The molecule has 180 valence electrons. The molecular formula is C25H35N3O4S. The Morgan fingerprint density at radius 3 is 2.64 bits per heavy atom. The molecule has 3 aliphatic heterocycles. The molecule has 3 amide bonds. The van der Waals surface area contributed by atoms with Gasteiger partial charge in [0.2, 0.25) is 17.7 Å². The largest absolute Gasteiger partial charge is 0.394 e. The molecule has 7 atom stereocenters. The topological polar surface area (TPSA) is 98.7 Å². The minimum absolute atomic E-state index is 0.000337. The number of aliphatic hydroxyl groups is 1. The zero-order valence-electron chi connectivity index (χ0n) is 19.6. The second-order valence-corrected chi connectivity index (χ2v) is 11.2. The monoisotopic (exact) mass is 473 g/mol. The quantitative estimate of drug-likeness (QED) is 0.479. The number of anilines is 1. The van der Waals surface area contributed by atoms with E-state index in [-0.39, 0.29) is 35.5 Å². The zero-order valence-corrected chi connectivity index (χ0v) is 20.4. The number of likely N-dealkylation sites (tertiary alicyclic amines) is 1. The number of benzene rings is 1. The Labute approximate surface area is 200 Å². The number of carbonyl (C=O) groups excluding carboxylic acids is 3. The molecule has 8 heteroatoms. The molecule has 0 saturated carbocycles. The molecule has 0 aromatic heterocycles.